The van der Waals surface area contributed by atoms with Crippen molar-refractivity contribution >= 4 is 22.3 Å². The maximum atomic E-state index is 12.0. The Hall–Kier alpha value is -1.65. The second-order valence-electron chi connectivity index (χ2n) is 4.49. The van der Waals surface area contributed by atoms with Gasteiger partial charge >= 0.3 is 16.4 Å². The fourth-order valence-electron chi connectivity index (χ4n) is 1.93. The first-order valence-corrected chi connectivity index (χ1v) is 7.22. The Labute approximate surface area is 116 Å². The molecular weight excluding hydrogens is 290 g/mol. The Balaban J connectivity index is 3.30. The van der Waals surface area contributed by atoms with Crippen LogP contribution in [0.5, 0.6) is 0 Å². The van der Waals surface area contributed by atoms with Crippen LogP contribution in [0, 0.1) is 5.92 Å². The highest BCUT2D eigenvalue weighted by atomic mass is 32.3. The van der Waals surface area contributed by atoms with Crippen molar-refractivity contribution in [1.29, 1.82) is 0 Å². The van der Waals surface area contributed by atoms with Crippen LogP contribution in [0.1, 0.15) is 20.8 Å². The molecule has 1 rings (SSSR count). The molecular formula is C10H17N3O6S. The molecule has 0 aromatic rings. The first kappa shape index (κ1) is 16.4. The molecule has 20 heavy (non-hydrogen) atoms. The van der Waals surface area contributed by atoms with E-state index in [1.807, 2.05) is 0 Å². The van der Waals surface area contributed by atoms with Crippen LogP contribution in [-0.2, 0) is 19.5 Å². The van der Waals surface area contributed by atoms with Crippen molar-refractivity contribution in [1.82, 2.24) is 9.96 Å². The molecule has 1 atom stereocenters. The standard InChI is InChI=1S/C10H17N3O6S/c1-4-12-8(9(11)14)7(6(2)3)5-13(10(12)15)19-20(16,17)18/h5-6,8H,4H2,1-3H3,(H2,11,14)(H,16,17,18)/t8-/m0/s1. The number of primary amides is 1. The predicted molar refractivity (Wildman–Crippen MR) is 68.2 cm³/mol. The number of carbonyl (C=O) groups is 2. The molecule has 10 heteroatoms. The average molecular weight is 307 g/mol. The van der Waals surface area contributed by atoms with Crippen LogP contribution in [0.2, 0.25) is 0 Å². The summed E-state index contributed by atoms with van der Waals surface area (Å²) in [5.41, 5.74) is 5.70. The Morgan fingerprint density at radius 3 is 2.45 bits per heavy atom. The Kier molecular flexibility index (Phi) is 4.73. The Morgan fingerprint density at radius 2 is 2.10 bits per heavy atom. The number of nitrogens with zero attached hydrogens (tertiary/aromatic N) is 2. The minimum Gasteiger partial charge on any atom is -0.368 e. The molecule has 0 aliphatic carbocycles. The number of hydroxylamine groups is 2. The van der Waals surface area contributed by atoms with Crippen molar-refractivity contribution in [3.63, 3.8) is 0 Å². The van der Waals surface area contributed by atoms with Gasteiger partial charge in [-0.15, -0.1) is 4.28 Å². The lowest BCUT2D eigenvalue weighted by molar-refractivity contribution is -0.122. The highest BCUT2D eigenvalue weighted by Gasteiger charge is 2.40. The summed E-state index contributed by atoms with van der Waals surface area (Å²) in [7, 11) is -4.86. The largest absolute Gasteiger partial charge is 0.419 e. The second-order valence-corrected chi connectivity index (χ2v) is 5.49. The van der Waals surface area contributed by atoms with Crippen molar-refractivity contribution in [2.75, 3.05) is 6.54 Å². The van der Waals surface area contributed by atoms with E-state index in [4.69, 9.17) is 10.3 Å². The van der Waals surface area contributed by atoms with Gasteiger partial charge in [0.1, 0.15) is 6.04 Å². The number of carbonyl (C=O) groups excluding carboxylic acids is 2. The van der Waals surface area contributed by atoms with Crippen LogP contribution < -0.4 is 5.73 Å². The summed E-state index contributed by atoms with van der Waals surface area (Å²) in [6.07, 6.45) is 1.06. The number of urea groups is 1. The van der Waals surface area contributed by atoms with E-state index in [9.17, 15) is 18.0 Å². The third-order valence-corrected chi connectivity index (χ3v) is 3.13. The van der Waals surface area contributed by atoms with E-state index >= 15 is 0 Å². The van der Waals surface area contributed by atoms with Crippen LogP contribution >= 0.6 is 0 Å². The maximum Gasteiger partial charge on any atom is 0.419 e. The molecule has 114 valence electrons. The number of likely N-dealkylation sites (N-methyl/N-ethyl adjacent to an activating group) is 1. The number of rotatable bonds is 5. The van der Waals surface area contributed by atoms with E-state index in [0.717, 1.165) is 11.1 Å². The van der Waals surface area contributed by atoms with Gasteiger partial charge in [0, 0.05) is 12.7 Å². The van der Waals surface area contributed by atoms with Crippen molar-refractivity contribution in [2.24, 2.45) is 11.7 Å². The molecule has 1 aliphatic heterocycles. The molecule has 0 bridgehead atoms. The van der Waals surface area contributed by atoms with Gasteiger partial charge in [-0.1, -0.05) is 13.8 Å². The quantitative estimate of drug-likeness (QED) is 0.680. The summed E-state index contributed by atoms with van der Waals surface area (Å²) in [6, 6.07) is -1.88. The molecule has 9 nitrogen and oxygen atoms in total. The Morgan fingerprint density at radius 1 is 1.55 bits per heavy atom. The van der Waals surface area contributed by atoms with Crippen LogP contribution in [-0.4, -0.2) is 47.5 Å². The molecule has 1 aliphatic rings. The monoisotopic (exact) mass is 307 g/mol. The van der Waals surface area contributed by atoms with Crippen molar-refractivity contribution in [3.05, 3.63) is 11.8 Å². The van der Waals surface area contributed by atoms with Crippen molar-refractivity contribution in [3.8, 4) is 0 Å². The van der Waals surface area contributed by atoms with Gasteiger partial charge in [-0.3, -0.25) is 9.35 Å². The van der Waals surface area contributed by atoms with E-state index in [1.165, 1.54) is 0 Å². The molecule has 0 fully saturated rings. The van der Waals surface area contributed by atoms with Gasteiger partial charge in [-0.2, -0.15) is 13.5 Å². The Bertz CT molecular complexity index is 541. The molecule has 3 N–H and O–H groups in total. The third-order valence-electron chi connectivity index (χ3n) is 2.78. The highest BCUT2D eigenvalue weighted by Crippen LogP contribution is 2.26. The van der Waals surface area contributed by atoms with Crippen LogP contribution in [0.3, 0.4) is 0 Å². The highest BCUT2D eigenvalue weighted by molar-refractivity contribution is 7.80. The molecule has 0 saturated heterocycles. The first-order valence-electron chi connectivity index (χ1n) is 5.86. The zero-order chi connectivity index (χ0) is 15.7. The summed E-state index contributed by atoms with van der Waals surface area (Å²) < 4.78 is 34.3. The van der Waals surface area contributed by atoms with E-state index < -0.39 is 28.4 Å². The van der Waals surface area contributed by atoms with Gasteiger partial charge < -0.3 is 10.6 Å². The number of hydrogen-bond donors (Lipinski definition) is 2. The van der Waals surface area contributed by atoms with Gasteiger partial charge in [0.2, 0.25) is 5.91 Å². The summed E-state index contributed by atoms with van der Waals surface area (Å²) in [5.74, 6) is -0.922. The van der Waals surface area contributed by atoms with Gasteiger partial charge in [0.25, 0.3) is 0 Å². The van der Waals surface area contributed by atoms with Crippen LogP contribution in [0.15, 0.2) is 11.8 Å². The molecule has 0 radical (unpaired) electrons. The number of nitrogens with two attached hydrogens (primary N) is 1. The summed E-state index contributed by atoms with van der Waals surface area (Å²) in [5, 5.41) is 0.369. The molecule has 0 aromatic heterocycles. The van der Waals surface area contributed by atoms with E-state index in [2.05, 4.69) is 4.28 Å². The van der Waals surface area contributed by atoms with Gasteiger partial charge in [0.05, 0.1) is 0 Å². The second kappa shape index (κ2) is 5.77. The first-order chi connectivity index (χ1) is 9.08. The predicted octanol–water partition coefficient (Wildman–Crippen LogP) is -0.128. The minimum atomic E-state index is -4.86. The van der Waals surface area contributed by atoms with Crippen molar-refractivity contribution < 1.29 is 26.8 Å². The lowest BCUT2D eigenvalue weighted by atomic mass is 9.93. The van der Waals surface area contributed by atoms with E-state index in [-0.39, 0.29) is 12.5 Å². The van der Waals surface area contributed by atoms with Crippen LogP contribution in [0.25, 0.3) is 0 Å². The molecule has 0 spiro atoms. The summed E-state index contributed by atoms with van der Waals surface area (Å²) >= 11 is 0. The zero-order valence-electron chi connectivity index (χ0n) is 11.3. The number of hydrogen-bond acceptors (Lipinski definition) is 5. The average Bonchev–Trinajstić information content (AvgIpc) is 2.28. The molecule has 3 amide bonds. The number of amides is 3. The molecule has 0 aromatic carbocycles. The molecule has 0 unspecified atom stereocenters. The minimum absolute atomic E-state index is 0.113. The SMILES string of the molecule is CCN1C(=O)N(OS(=O)(=O)O)C=C(C(C)C)[C@H]1C(N)=O. The zero-order valence-corrected chi connectivity index (χ0v) is 12.1. The van der Waals surface area contributed by atoms with Gasteiger partial charge in [0.15, 0.2) is 0 Å². The fraction of sp³-hybridized carbons (Fsp3) is 0.600. The molecule has 1 heterocycles. The maximum absolute atomic E-state index is 12.0. The fourth-order valence-corrected chi connectivity index (χ4v) is 2.24. The third kappa shape index (κ3) is 3.46. The lowest BCUT2D eigenvalue weighted by Crippen LogP contribution is -2.56. The van der Waals surface area contributed by atoms with E-state index in [0.29, 0.717) is 10.6 Å². The smallest absolute Gasteiger partial charge is 0.368 e. The lowest BCUT2D eigenvalue weighted by Gasteiger charge is -2.38. The topological polar surface area (TPSA) is 130 Å². The molecule has 0 saturated carbocycles. The van der Waals surface area contributed by atoms with Crippen LogP contribution in [0.4, 0.5) is 4.79 Å². The normalized spacial score (nSPS) is 20.4. The van der Waals surface area contributed by atoms with Gasteiger partial charge in [-0.25, -0.2) is 4.79 Å². The summed E-state index contributed by atoms with van der Waals surface area (Å²) in [6.45, 7) is 5.21. The van der Waals surface area contributed by atoms with Gasteiger partial charge in [-0.05, 0) is 18.4 Å². The van der Waals surface area contributed by atoms with Crippen molar-refractivity contribution in [2.45, 2.75) is 26.8 Å². The summed E-state index contributed by atoms with van der Waals surface area (Å²) in [4.78, 5) is 24.6. The van der Waals surface area contributed by atoms with E-state index in [1.54, 1.807) is 20.8 Å².